The highest BCUT2D eigenvalue weighted by Crippen LogP contribution is 2.21. The van der Waals surface area contributed by atoms with Crippen molar-refractivity contribution < 1.29 is 23.9 Å². The van der Waals surface area contributed by atoms with Gasteiger partial charge in [-0.25, -0.2) is 0 Å². The first-order valence-corrected chi connectivity index (χ1v) is 10.6. The number of tetrazole rings is 1. The minimum atomic E-state index is -0.754. The smallest absolute Gasteiger partial charge is 0.316 e. The number of benzene rings is 1. The molecule has 12 heteroatoms. The number of esters is 1. The Balaban J connectivity index is 1.44. The maximum atomic E-state index is 12.0. The highest BCUT2D eigenvalue weighted by Gasteiger charge is 2.23. The highest BCUT2D eigenvalue weighted by atomic mass is 32.2. The minimum Gasteiger partial charge on any atom is -0.455 e. The second-order valence-corrected chi connectivity index (χ2v) is 7.95. The van der Waals surface area contributed by atoms with E-state index in [1.165, 1.54) is 9.58 Å². The van der Waals surface area contributed by atoms with E-state index in [2.05, 4.69) is 20.8 Å². The lowest BCUT2D eigenvalue weighted by atomic mass is 10.1. The van der Waals surface area contributed by atoms with Crippen LogP contribution in [0.2, 0.25) is 0 Å². The molecule has 2 aromatic rings. The second kappa shape index (κ2) is 10.2. The number of thioether (sulfide) groups is 1. The molecule has 0 radical (unpaired) electrons. The Morgan fingerprint density at radius 2 is 2.03 bits per heavy atom. The van der Waals surface area contributed by atoms with Gasteiger partial charge < -0.3 is 9.64 Å². The largest absolute Gasteiger partial charge is 0.455 e. The van der Waals surface area contributed by atoms with Gasteiger partial charge in [0.1, 0.15) is 0 Å². The summed E-state index contributed by atoms with van der Waals surface area (Å²) in [4.78, 5) is 48.5. The first kappa shape index (κ1) is 22.4. The number of ether oxygens (including phenoxy) is 1. The Bertz CT molecular complexity index is 1010. The maximum absolute atomic E-state index is 12.0. The van der Waals surface area contributed by atoms with E-state index < -0.39 is 24.4 Å². The van der Waals surface area contributed by atoms with E-state index in [1.54, 1.807) is 0 Å². The monoisotopic (exact) mass is 446 g/mol. The lowest BCUT2D eigenvalue weighted by Gasteiger charge is -2.14. The summed E-state index contributed by atoms with van der Waals surface area (Å²) in [6, 6.07) is 5.87. The SMILES string of the molecule is Cc1ccc(C)c(-n2nnnc2SCC(=O)OCC(=O)NC(=O)CN2CCCC2=O)c1. The van der Waals surface area contributed by atoms with Crippen molar-refractivity contribution in [3.8, 4) is 5.69 Å². The van der Waals surface area contributed by atoms with E-state index in [-0.39, 0.29) is 18.2 Å². The van der Waals surface area contributed by atoms with Crippen LogP contribution in [0, 0.1) is 13.8 Å². The van der Waals surface area contributed by atoms with Crippen LogP contribution < -0.4 is 5.32 Å². The van der Waals surface area contributed by atoms with Gasteiger partial charge in [0.2, 0.25) is 17.0 Å². The summed E-state index contributed by atoms with van der Waals surface area (Å²) < 4.78 is 6.43. The van der Waals surface area contributed by atoms with Crippen LogP contribution in [0.25, 0.3) is 5.69 Å². The molecule has 0 unspecified atom stereocenters. The maximum Gasteiger partial charge on any atom is 0.316 e. The number of likely N-dealkylation sites (tertiary alicyclic amines) is 1. The van der Waals surface area contributed by atoms with Gasteiger partial charge >= 0.3 is 5.97 Å². The standard InChI is InChI=1S/C19H22N6O5S/c1-12-5-6-13(2)14(8-12)25-19(21-22-23-25)31-11-18(29)30-10-16(27)20-15(26)9-24-7-3-4-17(24)28/h5-6,8H,3-4,7,9-11H2,1-2H3,(H,20,26,27). The molecule has 11 nitrogen and oxygen atoms in total. The molecule has 1 saturated heterocycles. The number of nitrogens with zero attached hydrogens (tertiary/aromatic N) is 5. The molecule has 0 spiro atoms. The summed E-state index contributed by atoms with van der Waals surface area (Å²) in [6.07, 6.45) is 1.10. The molecule has 0 saturated carbocycles. The molecule has 0 aliphatic carbocycles. The molecular formula is C19H22N6O5S. The van der Waals surface area contributed by atoms with Crippen molar-refractivity contribution in [3.63, 3.8) is 0 Å². The van der Waals surface area contributed by atoms with Crippen LogP contribution in [0.3, 0.4) is 0 Å². The Morgan fingerprint density at radius 3 is 2.77 bits per heavy atom. The number of hydrogen-bond donors (Lipinski definition) is 1. The normalized spacial score (nSPS) is 13.4. The van der Waals surface area contributed by atoms with Crippen molar-refractivity contribution in [1.29, 1.82) is 0 Å². The van der Waals surface area contributed by atoms with Crippen LogP contribution in [-0.4, -0.2) is 74.2 Å². The van der Waals surface area contributed by atoms with E-state index in [9.17, 15) is 19.2 Å². The van der Waals surface area contributed by atoms with E-state index in [0.717, 1.165) is 28.6 Å². The van der Waals surface area contributed by atoms with Crippen LogP contribution in [0.15, 0.2) is 23.4 Å². The molecule has 2 heterocycles. The summed E-state index contributed by atoms with van der Waals surface area (Å²) in [7, 11) is 0. The average Bonchev–Trinajstić information content (AvgIpc) is 3.35. The summed E-state index contributed by atoms with van der Waals surface area (Å²) in [5.41, 5.74) is 2.82. The Kier molecular flexibility index (Phi) is 7.34. The predicted octanol–water partition coefficient (Wildman–Crippen LogP) is 0.180. The first-order chi connectivity index (χ1) is 14.8. The van der Waals surface area contributed by atoms with Gasteiger partial charge in [-0.1, -0.05) is 23.9 Å². The van der Waals surface area contributed by atoms with Gasteiger partial charge in [-0.3, -0.25) is 24.5 Å². The third-order valence-corrected chi connectivity index (χ3v) is 5.39. The zero-order valence-corrected chi connectivity index (χ0v) is 18.0. The first-order valence-electron chi connectivity index (χ1n) is 9.58. The number of rotatable bonds is 8. The Labute approximate surface area is 182 Å². The van der Waals surface area contributed by atoms with Crippen molar-refractivity contribution in [3.05, 3.63) is 29.3 Å². The van der Waals surface area contributed by atoms with Crippen LogP contribution in [0.5, 0.6) is 0 Å². The summed E-state index contributed by atoms with van der Waals surface area (Å²) in [5.74, 6) is -2.25. The van der Waals surface area contributed by atoms with Gasteiger partial charge in [0.15, 0.2) is 6.61 Å². The lowest BCUT2D eigenvalue weighted by molar-refractivity contribution is -0.147. The number of aromatic nitrogens is 4. The molecule has 1 aliphatic heterocycles. The van der Waals surface area contributed by atoms with Crippen LogP contribution in [-0.2, 0) is 23.9 Å². The van der Waals surface area contributed by atoms with E-state index in [1.807, 2.05) is 32.0 Å². The van der Waals surface area contributed by atoms with Crippen molar-refractivity contribution in [1.82, 2.24) is 30.4 Å². The minimum absolute atomic E-state index is 0.116. The van der Waals surface area contributed by atoms with Crippen molar-refractivity contribution in [2.75, 3.05) is 25.4 Å². The molecule has 0 atom stereocenters. The molecule has 31 heavy (non-hydrogen) atoms. The van der Waals surface area contributed by atoms with E-state index in [0.29, 0.717) is 24.5 Å². The van der Waals surface area contributed by atoms with Crippen molar-refractivity contribution in [2.45, 2.75) is 31.8 Å². The van der Waals surface area contributed by atoms with Gasteiger partial charge in [-0.05, 0) is 47.9 Å². The fraction of sp³-hybridized carbons (Fsp3) is 0.421. The molecule has 1 fully saturated rings. The molecule has 1 aromatic carbocycles. The molecule has 1 N–H and O–H groups in total. The lowest BCUT2D eigenvalue weighted by Crippen LogP contribution is -2.42. The fourth-order valence-electron chi connectivity index (χ4n) is 2.95. The highest BCUT2D eigenvalue weighted by molar-refractivity contribution is 7.99. The van der Waals surface area contributed by atoms with E-state index in [4.69, 9.17) is 4.74 Å². The van der Waals surface area contributed by atoms with Crippen LogP contribution in [0.4, 0.5) is 0 Å². The quantitative estimate of drug-likeness (QED) is 0.445. The van der Waals surface area contributed by atoms with Crippen molar-refractivity contribution >= 4 is 35.5 Å². The number of imide groups is 1. The zero-order valence-electron chi connectivity index (χ0n) is 17.2. The van der Waals surface area contributed by atoms with Gasteiger partial charge in [-0.2, -0.15) is 4.68 Å². The number of nitrogens with one attached hydrogen (secondary N) is 1. The molecule has 0 bridgehead atoms. The average molecular weight is 446 g/mol. The third-order valence-electron chi connectivity index (χ3n) is 4.50. The molecular weight excluding hydrogens is 424 g/mol. The number of aryl methyl sites for hydroxylation is 2. The molecule has 3 amide bonds. The topological polar surface area (TPSA) is 136 Å². The number of carbonyl (C=O) groups is 4. The fourth-order valence-corrected chi connectivity index (χ4v) is 3.64. The number of amides is 3. The predicted molar refractivity (Wildman–Crippen MR) is 109 cm³/mol. The number of hydrogen-bond acceptors (Lipinski definition) is 9. The van der Waals surface area contributed by atoms with Gasteiger partial charge in [0, 0.05) is 13.0 Å². The third kappa shape index (κ3) is 6.10. The van der Waals surface area contributed by atoms with E-state index >= 15 is 0 Å². The van der Waals surface area contributed by atoms with Crippen LogP contribution in [0.1, 0.15) is 24.0 Å². The molecule has 3 rings (SSSR count). The zero-order chi connectivity index (χ0) is 22.4. The summed E-state index contributed by atoms with van der Waals surface area (Å²) in [6.45, 7) is 3.60. The van der Waals surface area contributed by atoms with Gasteiger partial charge in [0.25, 0.3) is 5.91 Å². The Morgan fingerprint density at radius 1 is 1.23 bits per heavy atom. The Hall–Kier alpha value is -3.28. The number of carbonyl (C=O) groups excluding carboxylic acids is 4. The molecule has 1 aromatic heterocycles. The van der Waals surface area contributed by atoms with Crippen molar-refractivity contribution in [2.24, 2.45) is 0 Å². The summed E-state index contributed by atoms with van der Waals surface area (Å²) >= 11 is 1.07. The summed E-state index contributed by atoms with van der Waals surface area (Å²) in [5, 5.41) is 14.1. The van der Waals surface area contributed by atoms with Gasteiger partial charge in [0.05, 0.1) is 18.0 Å². The van der Waals surface area contributed by atoms with Crippen LogP contribution >= 0.6 is 11.8 Å². The van der Waals surface area contributed by atoms with Gasteiger partial charge in [-0.15, -0.1) is 5.10 Å². The molecule has 164 valence electrons. The second-order valence-electron chi connectivity index (χ2n) is 7.00. The molecule has 1 aliphatic rings.